The van der Waals surface area contributed by atoms with E-state index in [1.54, 1.807) is 0 Å². The zero-order valence-corrected chi connectivity index (χ0v) is 22.2. The molecule has 1 aromatic heterocycles. The van der Waals surface area contributed by atoms with Gasteiger partial charge in [-0.2, -0.15) is 5.10 Å². The third-order valence-corrected chi connectivity index (χ3v) is 8.81. The van der Waals surface area contributed by atoms with E-state index in [0.29, 0.717) is 12.1 Å². The minimum Gasteiger partial charge on any atom is -0.351 e. The number of carbonyl (C=O) groups excluding carboxylic acids is 1. The van der Waals surface area contributed by atoms with Crippen LogP contribution in [-0.2, 0) is 10.3 Å². The van der Waals surface area contributed by atoms with Gasteiger partial charge in [-0.1, -0.05) is 73.2 Å². The molecule has 5 nitrogen and oxygen atoms in total. The normalized spacial score (nSPS) is 22.1. The number of aromatic nitrogens is 2. The van der Waals surface area contributed by atoms with Crippen molar-refractivity contribution in [2.75, 3.05) is 19.6 Å². The summed E-state index contributed by atoms with van der Waals surface area (Å²) in [5.41, 5.74) is 7.79. The van der Waals surface area contributed by atoms with E-state index in [0.717, 1.165) is 33.3 Å². The molecule has 0 radical (unpaired) electrons. The number of benzene rings is 3. The van der Waals surface area contributed by atoms with Crippen LogP contribution in [0.2, 0.25) is 0 Å². The number of hydrogen-bond acceptors (Lipinski definition) is 3. The van der Waals surface area contributed by atoms with Crippen molar-refractivity contribution in [3.05, 3.63) is 106 Å². The Kier molecular flexibility index (Phi) is 6.16. The molecule has 3 aromatic carbocycles. The highest BCUT2D eigenvalue weighted by Gasteiger charge is 2.49. The summed E-state index contributed by atoms with van der Waals surface area (Å²) in [6.45, 7) is 3.12. The fourth-order valence-corrected chi connectivity index (χ4v) is 6.48. The highest BCUT2D eigenvalue weighted by molar-refractivity contribution is 6.02. The molecule has 39 heavy (non-hydrogen) atoms. The van der Waals surface area contributed by atoms with Gasteiger partial charge in [0.2, 0.25) is 5.91 Å². The van der Waals surface area contributed by atoms with Gasteiger partial charge in [0.25, 0.3) is 0 Å². The molecule has 2 aliphatic heterocycles. The Hall–Kier alpha value is -3.96. The lowest BCUT2D eigenvalue weighted by atomic mass is 9.92. The van der Waals surface area contributed by atoms with Gasteiger partial charge in [0.1, 0.15) is 0 Å². The number of aromatic amines is 1. The predicted molar refractivity (Wildman–Crippen MR) is 158 cm³/mol. The van der Waals surface area contributed by atoms with E-state index in [4.69, 9.17) is 0 Å². The van der Waals surface area contributed by atoms with Gasteiger partial charge in [-0.25, -0.2) is 0 Å². The number of nitrogens with one attached hydrogen (secondary N) is 2. The summed E-state index contributed by atoms with van der Waals surface area (Å²) in [5, 5.41) is 11.8. The molecule has 2 N–H and O–H groups in total. The van der Waals surface area contributed by atoms with Gasteiger partial charge in [0.15, 0.2) is 0 Å². The molecule has 1 amide bonds. The molecule has 1 atom stereocenters. The Labute approximate surface area is 229 Å². The van der Waals surface area contributed by atoms with Crippen LogP contribution in [-0.4, -0.2) is 40.6 Å². The van der Waals surface area contributed by atoms with Gasteiger partial charge in [-0.05, 0) is 85.3 Å². The van der Waals surface area contributed by atoms with Gasteiger partial charge < -0.3 is 5.32 Å². The van der Waals surface area contributed by atoms with Crippen molar-refractivity contribution in [3.8, 4) is 0 Å². The van der Waals surface area contributed by atoms with E-state index in [-0.39, 0.29) is 11.8 Å². The fourth-order valence-electron chi connectivity index (χ4n) is 6.48. The molecule has 3 heterocycles. The molecule has 3 fully saturated rings. The summed E-state index contributed by atoms with van der Waals surface area (Å²) in [7, 11) is 0. The highest BCUT2D eigenvalue weighted by Crippen LogP contribution is 2.51. The van der Waals surface area contributed by atoms with Crippen molar-refractivity contribution in [1.29, 1.82) is 0 Å². The Morgan fingerprint density at radius 2 is 1.64 bits per heavy atom. The first-order valence-corrected chi connectivity index (χ1v) is 14.3. The van der Waals surface area contributed by atoms with Crippen LogP contribution in [0.5, 0.6) is 0 Å². The number of H-pyrrole nitrogens is 1. The number of hydrogen-bond donors (Lipinski definition) is 2. The van der Waals surface area contributed by atoms with Crippen molar-refractivity contribution in [2.45, 2.75) is 43.6 Å². The Balaban J connectivity index is 1.09. The van der Waals surface area contributed by atoms with E-state index >= 15 is 0 Å². The van der Waals surface area contributed by atoms with Crippen LogP contribution >= 0.6 is 0 Å². The topological polar surface area (TPSA) is 61.0 Å². The molecule has 1 aliphatic carbocycles. The van der Waals surface area contributed by atoms with E-state index in [2.05, 4.69) is 87.2 Å². The van der Waals surface area contributed by atoms with Crippen molar-refractivity contribution in [2.24, 2.45) is 0 Å². The monoisotopic (exact) mass is 514 g/mol. The second-order valence-electron chi connectivity index (χ2n) is 11.2. The summed E-state index contributed by atoms with van der Waals surface area (Å²) < 4.78 is 0. The SMILES string of the molecule is O=C1NCC(c2ccccc2)C1=Cc1ccc2c(/C=C/c3ccc(C4(N5CCCCC5)CC4)cc3)n[nH]c2c1. The van der Waals surface area contributed by atoms with Gasteiger partial charge in [0.05, 0.1) is 11.2 Å². The summed E-state index contributed by atoms with van der Waals surface area (Å²) in [5.74, 6) is 0.0717. The Bertz CT molecular complexity index is 1550. The van der Waals surface area contributed by atoms with Gasteiger partial charge in [0, 0.05) is 29.0 Å². The molecular formula is C34H34N4O. The maximum atomic E-state index is 12.6. The number of fused-ring (bicyclic) bond motifs is 1. The van der Waals surface area contributed by atoms with Crippen molar-refractivity contribution < 1.29 is 4.79 Å². The first-order chi connectivity index (χ1) is 19.2. The lowest BCUT2D eigenvalue weighted by Gasteiger charge is -2.35. The number of carbonyl (C=O) groups is 1. The summed E-state index contributed by atoms with van der Waals surface area (Å²) in [4.78, 5) is 15.3. The largest absolute Gasteiger partial charge is 0.351 e. The van der Waals surface area contributed by atoms with Crippen LogP contribution in [0, 0.1) is 0 Å². The quantitative estimate of drug-likeness (QED) is 0.289. The number of piperidine rings is 1. The van der Waals surface area contributed by atoms with Crippen LogP contribution in [0.4, 0.5) is 0 Å². The van der Waals surface area contributed by atoms with Crippen molar-refractivity contribution in [1.82, 2.24) is 20.4 Å². The Morgan fingerprint density at radius 1 is 0.872 bits per heavy atom. The standard InChI is InChI=1S/C34H34N4O/c39-33-29(30(23-35-33)26-7-3-1-4-8-26)21-25-11-15-28-31(36-37-32(28)22-25)16-12-24-9-13-27(14-10-24)34(17-18-34)38-19-5-2-6-20-38/h1,3-4,7-16,21-22,30H,2,5-6,17-20,23H2,(H,35,39)(H,36,37)/b16-12+,29-21?. The summed E-state index contributed by atoms with van der Waals surface area (Å²) in [6.07, 6.45) is 12.9. The zero-order chi connectivity index (χ0) is 26.2. The number of likely N-dealkylation sites (tertiary alicyclic amines) is 1. The average Bonchev–Trinajstić information content (AvgIpc) is 3.59. The predicted octanol–water partition coefficient (Wildman–Crippen LogP) is 6.51. The van der Waals surface area contributed by atoms with Crippen LogP contribution in [0.15, 0.2) is 78.4 Å². The third-order valence-electron chi connectivity index (χ3n) is 8.81. The summed E-state index contributed by atoms with van der Waals surface area (Å²) in [6, 6.07) is 25.6. The molecule has 1 unspecified atom stereocenters. The van der Waals surface area contributed by atoms with Crippen molar-refractivity contribution in [3.63, 3.8) is 0 Å². The first-order valence-electron chi connectivity index (χ1n) is 14.3. The van der Waals surface area contributed by atoms with Gasteiger partial charge >= 0.3 is 0 Å². The highest BCUT2D eigenvalue weighted by atomic mass is 16.2. The van der Waals surface area contributed by atoms with E-state index in [1.165, 1.54) is 56.3 Å². The molecule has 2 saturated heterocycles. The second-order valence-corrected chi connectivity index (χ2v) is 11.2. The minimum absolute atomic E-state index is 0.00624. The van der Waals surface area contributed by atoms with Gasteiger partial charge in [-0.3, -0.25) is 14.8 Å². The molecule has 0 bridgehead atoms. The molecule has 3 aliphatic rings. The maximum Gasteiger partial charge on any atom is 0.247 e. The van der Waals surface area contributed by atoms with Crippen molar-refractivity contribution >= 4 is 35.0 Å². The minimum atomic E-state index is 0.00624. The van der Waals surface area contributed by atoms with E-state index in [9.17, 15) is 4.79 Å². The molecule has 4 aromatic rings. The molecule has 5 heteroatoms. The molecule has 7 rings (SSSR count). The molecule has 196 valence electrons. The van der Waals surface area contributed by atoms with Crippen LogP contribution in [0.3, 0.4) is 0 Å². The van der Waals surface area contributed by atoms with Crippen LogP contribution in [0.1, 0.15) is 66.0 Å². The van der Waals surface area contributed by atoms with E-state index < -0.39 is 0 Å². The third kappa shape index (κ3) is 4.61. The van der Waals surface area contributed by atoms with Crippen LogP contribution < -0.4 is 5.32 Å². The zero-order valence-electron chi connectivity index (χ0n) is 22.2. The summed E-state index contributed by atoms with van der Waals surface area (Å²) >= 11 is 0. The molecule has 0 spiro atoms. The fraction of sp³-hybridized carbons (Fsp3) is 0.294. The second kappa shape index (κ2) is 9.97. The number of amides is 1. The van der Waals surface area contributed by atoms with Crippen LogP contribution in [0.25, 0.3) is 29.1 Å². The molecular weight excluding hydrogens is 480 g/mol. The molecule has 1 saturated carbocycles. The lowest BCUT2D eigenvalue weighted by Crippen LogP contribution is -2.39. The Morgan fingerprint density at radius 3 is 2.41 bits per heavy atom. The first kappa shape index (κ1) is 24.1. The number of rotatable bonds is 6. The van der Waals surface area contributed by atoms with Gasteiger partial charge in [-0.15, -0.1) is 0 Å². The average molecular weight is 515 g/mol. The van der Waals surface area contributed by atoms with E-state index in [1.807, 2.05) is 24.3 Å². The number of nitrogens with zero attached hydrogens (tertiary/aromatic N) is 2. The maximum absolute atomic E-state index is 12.6. The smallest absolute Gasteiger partial charge is 0.247 e. The lowest BCUT2D eigenvalue weighted by molar-refractivity contribution is -0.116.